The molecule has 0 aliphatic carbocycles. The molecule has 0 atom stereocenters. The Balaban J connectivity index is 2.09. The van der Waals surface area contributed by atoms with E-state index in [1.165, 1.54) is 12.8 Å². The quantitative estimate of drug-likeness (QED) is 0.667. The van der Waals surface area contributed by atoms with E-state index in [2.05, 4.69) is 21.0 Å². The smallest absolute Gasteiger partial charge is 0.229 e. The van der Waals surface area contributed by atoms with Crippen molar-refractivity contribution >= 4 is 22.5 Å². The monoisotopic (exact) mass is 253 g/mol. The summed E-state index contributed by atoms with van der Waals surface area (Å²) in [5.74, 6) is 1.71. The van der Waals surface area contributed by atoms with Crippen LogP contribution in [0.5, 0.6) is 0 Å². The van der Waals surface area contributed by atoms with Crippen LogP contribution in [-0.4, -0.2) is 32.7 Å². The normalized spacial score (nSPS) is 15.7. The summed E-state index contributed by atoms with van der Waals surface area (Å²) < 4.78 is 1.89. The molecule has 1 fully saturated rings. The van der Waals surface area contributed by atoms with E-state index in [9.17, 15) is 0 Å². The van der Waals surface area contributed by atoms with Crippen LogP contribution in [0.2, 0.25) is 0 Å². The number of anilines is 1. The Hall–Kier alpha value is -2.17. The minimum absolute atomic E-state index is 0.790. The van der Waals surface area contributed by atoms with Gasteiger partial charge in [0.2, 0.25) is 5.95 Å². The third-order valence-corrected chi connectivity index (χ3v) is 3.66. The van der Waals surface area contributed by atoms with E-state index in [0.29, 0.717) is 0 Å². The van der Waals surface area contributed by atoms with Gasteiger partial charge in [-0.25, -0.2) is 9.97 Å². The van der Waals surface area contributed by atoms with Gasteiger partial charge < -0.3 is 4.90 Å². The van der Waals surface area contributed by atoms with Crippen LogP contribution in [-0.2, 0) is 0 Å². The van der Waals surface area contributed by atoms with Crippen molar-refractivity contribution in [2.24, 2.45) is 0 Å². The van der Waals surface area contributed by atoms with Gasteiger partial charge in [-0.1, -0.05) is 12.1 Å². The Morgan fingerprint density at radius 2 is 1.84 bits per heavy atom. The Morgan fingerprint density at radius 1 is 1.05 bits per heavy atom. The van der Waals surface area contributed by atoms with Gasteiger partial charge in [-0.2, -0.15) is 4.52 Å². The molecule has 3 aromatic rings. The highest BCUT2D eigenvalue weighted by Crippen LogP contribution is 2.24. The predicted molar refractivity (Wildman–Crippen MR) is 74.5 cm³/mol. The molecule has 1 aromatic carbocycles. The first-order valence-electron chi connectivity index (χ1n) is 6.70. The topological polar surface area (TPSA) is 46.3 Å². The molecule has 1 saturated heterocycles. The molecule has 1 aliphatic heterocycles. The number of benzene rings is 1. The molecule has 3 heterocycles. The zero-order valence-electron chi connectivity index (χ0n) is 10.9. The molecule has 0 saturated carbocycles. The molecule has 96 valence electrons. The zero-order chi connectivity index (χ0) is 12.8. The number of aromatic nitrogens is 4. The summed E-state index contributed by atoms with van der Waals surface area (Å²) >= 11 is 0. The molecule has 1 aliphatic rings. The van der Waals surface area contributed by atoms with Crippen molar-refractivity contribution in [1.29, 1.82) is 0 Å². The van der Waals surface area contributed by atoms with E-state index >= 15 is 0 Å². The van der Waals surface area contributed by atoms with Crippen molar-refractivity contribution in [3.63, 3.8) is 0 Å². The van der Waals surface area contributed by atoms with Crippen LogP contribution in [0.15, 0.2) is 24.3 Å². The summed E-state index contributed by atoms with van der Waals surface area (Å²) in [6.45, 7) is 4.04. The lowest BCUT2D eigenvalue weighted by molar-refractivity contribution is 0.825. The second-order valence-electron chi connectivity index (χ2n) is 5.02. The van der Waals surface area contributed by atoms with Crippen LogP contribution >= 0.6 is 0 Å². The maximum absolute atomic E-state index is 4.79. The molecular formula is C14H15N5. The van der Waals surface area contributed by atoms with Crippen molar-refractivity contribution in [3.8, 4) is 0 Å². The largest absolute Gasteiger partial charge is 0.341 e. The van der Waals surface area contributed by atoms with E-state index in [1.54, 1.807) is 0 Å². The molecule has 0 bridgehead atoms. The molecule has 0 N–H and O–H groups in total. The molecule has 4 rings (SSSR count). The average Bonchev–Trinajstić information content (AvgIpc) is 3.06. The number of para-hydroxylation sites is 1. The highest BCUT2D eigenvalue weighted by atomic mass is 15.4. The summed E-state index contributed by atoms with van der Waals surface area (Å²) in [6, 6.07) is 8.13. The first kappa shape index (κ1) is 10.7. The van der Waals surface area contributed by atoms with Crippen molar-refractivity contribution in [2.45, 2.75) is 19.8 Å². The van der Waals surface area contributed by atoms with Crippen molar-refractivity contribution in [1.82, 2.24) is 19.6 Å². The van der Waals surface area contributed by atoms with Crippen LogP contribution < -0.4 is 4.90 Å². The van der Waals surface area contributed by atoms with Gasteiger partial charge in [0.25, 0.3) is 0 Å². The van der Waals surface area contributed by atoms with E-state index in [0.717, 1.165) is 41.4 Å². The number of hydrogen-bond acceptors (Lipinski definition) is 4. The molecule has 0 spiro atoms. The number of rotatable bonds is 1. The first-order chi connectivity index (χ1) is 9.33. The van der Waals surface area contributed by atoms with E-state index in [1.807, 2.05) is 29.6 Å². The predicted octanol–water partition coefficient (Wildman–Crippen LogP) is 2.19. The Kier molecular flexibility index (Phi) is 2.21. The average molecular weight is 253 g/mol. The third-order valence-electron chi connectivity index (χ3n) is 3.66. The molecule has 0 radical (unpaired) electrons. The fourth-order valence-corrected chi connectivity index (χ4v) is 2.77. The number of fused-ring (bicyclic) bond motifs is 3. The Morgan fingerprint density at radius 3 is 2.68 bits per heavy atom. The van der Waals surface area contributed by atoms with Crippen molar-refractivity contribution < 1.29 is 0 Å². The molecule has 5 heteroatoms. The van der Waals surface area contributed by atoms with Crippen molar-refractivity contribution in [3.05, 3.63) is 30.1 Å². The van der Waals surface area contributed by atoms with E-state index in [4.69, 9.17) is 4.98 Å². The maximum Gasteiger partial charge on any atom is 0.229 e. The lowest BCUT2D eigenvalue weighted by Crippen LogP contribution is -2.22. The highest BCUT2D eigenvalue weighted by Gasteiger charge is 2.19. The van der Waals surface area contributed by atoms with Gasteiger partial charge in [-0.15, -0.1) is 5.10 Å². The molecule has 19 heavy (non-hydrogen) atoms. The minimum atomic E-state index is 0.790. The zero-order valence-corrected chi connectivity index (χ0v) is 10.9. The van der Waals surface area contributed by atoms with Gasteiger partial charge in [0.15, 0.2) is 5.65 Å². The SMILES string of the molecule is Cc1nc2c3ccccc3nc(N3CCCC3)n2n1. The lowest BCUT2D eigenvalue weighted by Gasteiger charge is -2.17. The molecule has 0 unspecified atom stereocenters. The summed E-state index contributed by atoms with van der Waals surface area (Å²) in [7, 11) is 0. The summed E-state index contributed by atoms with van der Waals surface area (Å²) in [5, 5.41) is 5.57. The summed E-state index contributed by atoms with van der Waals surface area (Å²) in [4.78, 5) is 11.6. The van der Waals surface area contributed by atoms with Crippen LogP contribution in [0.4, 0.5) is 5.95 Å². The van der Waals surface area contributed by atoms with Crippen molar-refractivity contribution in [2.75, 3.05) is 18.0 Å². The Bertz CT molecular complexity index is 755. The molecular weight excluding hydrogens is 238 g/mol. The third kappa shape index (κ3) is 1.58. The van der Waals surface area contributed by atoms with E-state index in [-0.39, 0.29) is 0 Å². The summed E-state index contributed by atoms with van der Waals surface area (Å²) in [5.41, 5.74) is 1.90. The number of aryl methyl sites for hydroxylation is 1. The molecule has 2 aromatic heterocycles. The van der Waals surface area contributed by atoms with Crippen LogP contribution in [0, 0.1) is 6.92 Å². The second kappa shape index (κ2) is 3.91. The highest BCUT2D eigenvalue weighted by molar-refractivity contribution is 5.92. The fraction of sp³-hybridized carbons (Fsp3) is 0.357. The number of hydrogen-bond donors (Lipinski definition) is 0. The van der Waals surface area contributed by atoms with Gasteiger partial charge >= 0.3 is 0 Å². The van der Waals surface area contributed by atoms with Gasteiger partial charge in [-0.3, -0.25) is 0 Å². The van der Waals surface area contributed by atoms with Crippen LogP contribution in [0.3, 0.4) is 0 Å². The second-order valence-corrected chi connectivity index (χ2v) is 5.02. The fourth-order valence-electron chi connectivity index (χ4n) is 2.77. The lowest BCUT2D eigenvalue weighted by atomic mass is 10.2. The summed E-state index contributed by atoms with van der Waals surface area (Å²) in [6.07, 6.45) is 2.45. The molecule has 0 amide bonds. The standard InChI is InChI=1S/C14H15N5/c1-10-15-13-11-6-2-3-7-12(11)16-14(19(13)17-10)18-8-4-5-9-18/h2-3,6-7H,4-5,8-9H2,1H3. The number of nitrogens with zero attached hydrogens (tertiary/aromatic N) is 5. The van der Waals surface area contributed by atoms with Crippen LogP contribution in [0.25, 0.3) is 16.6 Å². The Labute approximate surface area is 110 Å². The maximum atomic E-state index is 4.79. The van der Waals surface area contributed by atoms with Gasteiger partial charge in [0.05, 0.1) is 5.52 Å². The van der Waals surface area contributed by atoms with E-state index < -0.39 is 0 Å². The van der Waals surface area contributed by atoms with Gasteiger partial charge in [0, 0.05) is 18.5 Å². The van der Waals surface area contributed by atoms with Gasteiger partial charge in [-0.05, 0) is 31.9 Å². The first-order valence-corrected chi connectivity index (χ1v) is 6.70. The molecule has 5 nitrogen and oxygen atoms in total. The van der Waals surface area contributed by atoms with Gasteiger partial charge in [0.1, 0.15) is 5.82 Å². The minimum Gasteiger partial charge on any atom is -0.341 e. The van der Waals surface area contributed by atoms with Crippen LogP contribution in [0.1, 0.15) is 18.7 Å².